The fraction of sp³-hybridized carbons (Fsp3) is 0.360. The van der Waals surface area contributed by atoms with E-state index in [0.717, 1.165) is 50.7 Å². The molecule has 0 aromatic carbocycles. The molecule has 0 unspecified atom stereocenters. The van der Waals surface area contributed by atoms with Crippen LogP contribution in [0, 0.1) is 11.2 Å². The van der Waals surface area contributed by atoms with Crippen LogP contribution in [-0.2, 0) is 6.42 Å². The summed E-state index contributed by atoms with van der Waals surface area (Å²) in [5, 5.41) is 11.5. The smallest absolute Gasteiger partial charge is 0.213 e. The van der Waals surface area contributed by atoms with Crippen molar-refractivity contribution in [2.45, 2.75) is 33.1 Å². The summed E-state index contributed by atoms with van der Waals surface area (Å²) < 4.78 is 19.5. The third-order valence-electron chi connectivity index (χ3n) is 5.22. The molecular formula is C25H32FN7O. The minimum absolute atomic E-state index is 0.0796. The normalized spacial score (nSPS) is 11.6. The Morgan fingerprint density at radius 2 is 2.00 bits per heavy atom. The van der Waals surface area contributed by atoms with Crippen molar-refractivity contribution in [2.75, 3.05) is 32.1 Å². The predicted octanol–water partition coefficient (Wildman–Crippen LogP) is 4.50. The maximum atomic E-state index is 14.3. The van der Waals surface area contributed by atoms with E-state index in [2.05, 4.69) is 44.0 Å². The average molecular weight is 466 g/mol. The first-order valence-electron chi connectivity index (χ1n) is 11.5. The van der Waals surface area contributed by atoms with E-state index in [1.807, 2.05) is 12.3 Å². The van der Waals surface area contributed by atoms with Crippen molar-refractivity contribution in [1.29, 1.82) is 5.41 Å². The lowest BCUT2D eigenvalue weighted by molar-refractivity contribution is 0.278. The molecule has 3 rings (SSSR count). The Morgan fingerprint density at radius 3 is 2.71 bits per heavy atom. The Labute approximate surface area is 199 Å². The first-order chi connectivity index (χ1) is 16.5. The van der Waals surface area contributed by atoms with E-state index in [-0.39, 0.29) is 11.5 Å². The lowest BCUT2D eigenvalue weighted by atomic mass is 10.2. The van der Waals surface area contributed by atoms with Crippen molar-refractivity contribution >= 4 is 17.4 Å². The molecule has 0 bridgehead atoms. The minimum Gasteiger partial charge on any atom is -0.481 e. The molecule has 0 amide bonds. The predicted molar refractivity (Wildman–Crippen MR) is 133 cm³/mol. The molecule has 0 radical (unpaired) electrons. The van der Waals surface area contributed by atoms with E-state index >= 15 is 0 Å². The molecule has 0 fully saturated rings. The van der Waals surface area contributed by atoms with Gasteiger partial charge in [0.25, 0.3) is 0 Å². The van der Waals surface area contributed by atoms with Gasteiger partial charge in [-0.2, -0.15) is 0 Å². The van der Waals surface area contributed by atoms with E-state index in [1.54, 1.807) is 18.2 Å². The number of pyridine rings is 2. The number of H-pyrrole nitrogens is 1. The molecule has 0 aliphatic carbocycles. The Bertz CT molecular complexity index is 1110. The van der Waals surface area contributed by atoms with Crippen molar-refractivity contribution in [1.82, 2.24) is 19.9 Å². The fourth-order valence-corrected chi connectivity index (χ4v) is 3.56. The average Bonchev–Trinajstić information content (AvgIpc) is 3.33. The minimum atomic E-state index is -0.511. The number of anilines is 1. The molecule has 3 aromatic heterocycles. The summed E-state index contributed by atoms with van der Waals surface area (Å²) in [5.74, 6) is 0.106. The van der Waals surface area contributed by atoms with E-state index in [0.29, 0.717) is 23.1 Å². The van der Waals surface area contributed by atoms with Gasteiger partial charge in [0, 0.05) is 25.0 Å². The summed E-state index contributed by atoms with van der Waals surface area (Å²) in [4.78, 5) is 18.2. The molecule has 0 aliphatic heterocycles. The number of aromatic amines is 1. The van der Waals surface area contributed by atoms with Crippen LogP contribution in [0.5, 0.6) is 5.88 Å². The van der Waals surface area contributed by atoms with Gasteiger partial charge >= 0.3 is 0 Å². The van der Waals surface area contributed by atoms with E-state index < -0.39 is 5.82 Å². The number of amidine groups is 2. The van der Waals surface area contributed by atoms with Crippen LogP contribution >= 0.6 is 0 Å². The second kappa shape index (κ2) is 12.6. The van der Waals surface area contributed by atoms with Gasteiger partial charge in [-0.15, -0.1) is 0 Å². The molecule has 34 heavy (non-hydrogen) atoms. The highest BCUT2D eigenvalue weighted by molar-refractivity contribution is 6.14. The van der Waals surface area contributed by atoms with Crippen LogP contribution in [0.3, 0.4) is 0 Å². The number of nitrogens with zero attached hydrogens (tertiary/aromatic N) is 4. The van der Waals surface area contributed by atoms with Crippen molar-refractivity contribution < 1.29 is 9.13 Å². The lowest BCUT2D eigenvalue weighted by Crippen LogP contribution is -2.27. The topological polar surface area (TPSA) is 102 Å². The number of halogens is 1. The zero-order valence-corrected chi connectivity index (χ0v) is 19.9. The maximum Gasteiger partial charge on any atom is 0.213 e. The highest BCUT2D eigenvalue weighted by Crippen LogP contribution is 2.16. The van der Waals surface area contributed by atoms with Crippen molar-refractivity contribution in [3.8, 4) is 5.88 Å². The molecular weight excluding hydrogens is 433 g/mol. The maximum absolute atomic E-state index is 14.3. The third kappa shape index (κ3) is 6.95. The molecule has 0 spiro atoms. The number of ether oxygens (including phenoxy) is 1. The zero-order valence-electron chi connectivity index (χ0n) is 19.9. The summed E-state index contributed by atoms with van der Waals surface area (Å²) in [5.41, 5.74) is 2.32. The van der Waals surface area contributed by atoms with Gasteiger partial charge in [-0.3, -0.25) is 10.4 Å². The van der Waals surface area contributed by atoms with Gasteiger partial charge < -0.3 is 19.9 Å². The summed E-state index contributed by atoms with van der Waals surface area (Å²) >= 11 is 0. The third-order valence-corrected chi connectivity index (χ3v) is 5.22. The first-order valence-corrected chi connectivity index (χ1v) is 11.5. The van der Waals surface area contributed by atoms with Crippen LogP contribution in [0.2, 0.25) is 0 Å². The number of rotatable bonds is 11. The van der Waals surface area contributed by atoms with E-state index in [1.165, 1.54) is 19.4 Å². The monoisotopic (exact) mass is 465 g/mol. The first kappa shape index (κ1) is 25.0. The SMILES string of the molecule is CCCN(CCC)CCc1c[nH]c(/C(=N\C(=N)c2cccc(OC)n2)Nc2ccncc2F)c1. The molecule has 0 aliphatic rings. The highest BCUT2D eigenvalue weighted by atomic mass is 19.1. The fourth-order valence-electron chi connectivity index (χ4n) is 3.56. The number of aliphatic imine (C=N–C) groups is 1. The van der Waals surface area contributed by atoms with Gasteiger partial charge in [-0.05, 0) is 56.1 Å². The molecule has 3 N–H and O–H groups in total. The summed E-state index contributed by atoms with van der Waals surface area (Å²) in [6.07, 6.45) is 7.68. The Hall–Kier alpha value is -3.59. The molecule has 8 nitrogen and oxygen atoms in total. The van der Waals surface area contributed by atoms with E-state index in [4.69, 9.17) is 10.1 Å². The number of methoxy groups -OCH3 is 1. The second-order valence-corrected chi connectivity index (χ2v) is 7.87. The van der Waals surface area contributed by atoms with Gasteiger partial charge in [0.1, 0.15) is 5.69 Å². The van der Waals surface area contributed by atoms with Crippen molar-refractivity contribution in [3.05, 3.63) is 71.7 Å². The van der Waals surface area contributed by atoms with Gasteiger partial charge in [0.05, 0.1) is 24.7 Å². The summed E-state index contributed by atoms with van der Waals surface area (Å²) in [6.45, 7) is 7.49. The van der Waals surface area contributed by atoms with Crippen LogP contribution in [0.15, 0.2) is 53.9 Å². The van der Waals surface area contributed by atoms with Crippen LogP contribution in [0.25, 0.3) is 0 Å². The van der Waals surface area contributed by atoms with Crippen molar-refractivity contribution in [3.63, 3.8) is 0 Å². The number of aromatic nitrogens is 3. The number of nitrogens with one attached hydrogen (secondary N) is 3. The summed E-state index contributed by atoms with van der Waals surface area (Å²) in [6, 6.07) is 8.62. The Morgan fingerprint density at radius 1 is 1.21 bits per heavy atom. The molecule has 9 heteroatoms. The van der Waals surface area contributed by atoms with Crippen LogP contribution < -0.4 is 10.1 Å². The largest absolute Gasteiger partial charge is 0.481 e. The van der Waals surface area contributed by atoms with Gasteiger partial charge in [-0.25, -0.2) is 14.4 Å². The Balaban J connectivity index is 1.86. The van der Waals surface area contributed by atoms with Gasteiger partial charge in [0.2, 0.25) is 5.88 Å². The molecule has 3 heterocycles. The van der Waals surface area contributed by atoms with Crippen LogP contribution in [0.1, 0.15) is 43.6 Å². The molecule has 3 aromatic rings. The lowest BCUT2D eigenvalue weighted by Gasteiger charge is -2.20. The highest BCUT2D eigenvalue weighted by Gasteiger charge is 2.14. The second-order valence-electron chi connectivity index (χ2n) is 7.87. The molecule has 0 atom stereocenters. The van der Waals surface area contributed by atoms with Crippen LogP contribution in [-0.4, -0.2) is 58.3 Å². The standard InChI is InChI=1S/C25H32FN7O/c1-4-12-33(13-5-2)14-10-18-15-22(29-16-18)25(31-20-9-11-28-17-19(20)26)32-24(27)21-7-6-8-23(30-21)34-3/h6-9,11,15-17,29H,4-5,10,12-14H2,1-3H3,(H2,27,28,31,32). The molecule has 0 saturated carbocycles. The van der Waals surface area contributed by atoms with E-state index in [9.17, 15) is 4.39 Å². The number of hydrogen-bond donors (Lipinski definition) is 3. The number of hydrogen-bond acceptors (Lipinski definition) is 5. The molecule has 0 saturated heterocycles. The summed E-state index contributed by atoms with van der Waals surface area (Å²) in [7, 11) is 1.51. The van der Waals surface area contributed by atoms with Gasteiger partial charge in [0.15, 0.2) is 17.5 Å². The van der Waals surface area contributed by atoms with Crippen LogP contribution in [0.4, 0.5) is 10.1 Å². The molecule has 180 valence electrons. The van der Waals surface area contributed by atoms with Crippen molar-refractivity contribution in [2.24, 2.45) is 4.99 Å². The zero-order chi connectivity index (χ0) is 24.3. The quantitative estimate of drug-likeness (QED) is 0.286. The van der Waals surface area contributed by atoms with Gasteiger partial charge in [-0.1, -0.05) is 19.9 Å². The Kier molecular flexibility index (Phi) is 9.28.